The predicted molar refractivity (Wildman–Crippen MR) is 96.5 cm³/mol. The van der Waals surface area contributed by atoms with Gasteiger partial charge in [0.2, 0.25) is 0 Å². The van der Waals surface area contributed by atoms with Gasteiger partial charge in [0.25, 0.3) is 0 Å². The summed E-state index contributed by atoms with van der Waals surface area (Å²) in [7, 11) is 0. The zero-order chi connectivity index (χ0) is 19.4. The lowest BCUT2D eigenvalue weighted by molar-refractivity contribution is -0.137. The van der Waals surface area contributed by atoms with Crippen molar-refractivity contribution in [3.8, 4) is 0 Å². The molecule has 2 aromatic carbocycles. The fraction of sp³-hybridized carbons (Fsp3) is 0.105. The van der Waals surface area contributed by atoms with Gasteiger partial charge in [0.1, 0.15) is 18.0 Å². The summed E-state index contributed by atoms with van der Waals surface area (Å²) in [6.45, 7) is 1.48. The fourth-order valence-corrected chi connectivity index (χ4v) is 2.35. The summed E-state index contributed by atoms with van der Waals surface area (Å²) in [6.07, 6.45) is -3.12. The van der Waals surface area contributed by atoms with Gasteiger partial charge in [0.05, 0.1) is 5.56 Å². The quantitative estimate of drug-likeness (QED) is 0.604. The van der Waals surface area contributed by atoms with E-state index in [9.17, 15) is 18.0 Å². The van der Waals surface area contributed by atoms with Gasteiger partial charge in [0.15, 0.2) is 5.78 Å². The predicted octanol–water partition coefficient (Wildman–Crippen LogP) is 5.19. The highest BCUT2D eigenvalue weighted by Crippen LogP contribution is 2.31. The van der Waals surface area contributed by atoms with Crippen molar-refractivity contribution < 1.29 is 18.0 Å². The van der Waals surface area contributed by atoms with Crippen LogP contribution in [0.4, 0.5) is 36.2 Å². The van der Waals surface area contributed by atoms with Gasteiger partial charge >= 0.3 is 6.18 Å². The van der Waals surface area contributed by atoms with Crippen molar-refractivity contribution in [2.45, 2.75) is 13.1 Å². The second kappa shape index (κ2) is 7.45. The maximum Gasteiger partial charge on any atom is 0.416 e. The Labute approximate surface area is 153 Å². The van der Waals surface area contributed by atoms with E-state index in [1.54, 1.807) is 30.3 Å². The van der Waals surface area contributed by atoms with Gasteiger partial charge in [-0.1, -0.05) is 6.07 Å². The first kappa shape index (κ1) is 18.4. The van der Waals surface area contributed by atoms with Crippen LogP contribution in [0, 0.1) is 0 Å². The molecule has 3 aromatic rings. The van der Waals surface area contributed by atoms with Crippen LogP contribution in [-0.2, 0) is 6.18 Å². The molecule has 0 aliphatic rings. The molecule has 138 valence electrons. The number of halogens is 3. The van der Waals surface area contributed by atoms with E-state index in [4.69, 9.17) is 0 Å². The van der Waals surface area contributed by atoms with Crippen LogP contribution in [0.1, 0.15) is 22.8 Å². The van der Waals surface area contributed by atoms with Crippen LogP contribution in [0.2, 0.25) is 0 Å². The van der Waals surface area contributed by atoms with Gasteiger partial charge in [-0.2, -0.15) is 13.2 Å². The maximum absolute atomic E-state index is 12.8. The monoisotopic (exact) mass is 372 g/mol. The molecule has 0 saturated carbocycles. The van der Waals surface area contributed by atoms with E-state index in [0.717, 1.165) is 12.1 Å². The third-order valence-corrected chi connectivity index (χ3v) is 3.69. The first-order chi connectivity index (χ1) is 12.8. The molecule has 0 fully saturated rings. The minimum Gasteiger partial charge on any atom is -0.340 e. The van der Waals surface area contributed by atoms with Crippen molar-refractivity contribution in [1.29, 1.82) is 0 Å². The largest absolute Gasteiger partial charge is 0.416 e. The van der Waals surface area contributed by atoms with Crippen LogP contribution in [0.25, 0.3) is 0 Å². The van der Waals surface area contributed by atoms with Crippen molar-refractivity contribution in [3.05, 3.63) is 72.1 Å². The highest BCUT2D eigenvalue weighted by molar-refractivity contribution is 5.94. The number of hydrogen-bond donors (Lipinski definition) is 2. The number of ketones is 1. The van der Waals surface area contributed by atoms with E-state index >= 15 is 0 Å². The molecule has 0 unspecified atom stereocenters. The average Bonchev–Trinajstić information content (AvgIpc) is 2.62. The van der Waals surface area contributed by atoms with E-state index in [-0.39, 0.29) is 11.5 Å². The number of nitrogens with zero attached hydrogens (tertiary/aromatic N) is 2. The summed E-state index contributed by atoms with van der Waals surface area (Å²) in [5.41, 5.74) is 0.824. The molecular formula is C19H15F3N4O. The second-order valence-corrected chi connectivity index (χ2v) is 5.75. The van der Waals surface area contributed by atoms with E-state index in [2.05, 4.69) is 20.6 Å². The Morgan fingerprint density at radius 2 is 1.52 bits per heavy atom. The summed E-state index contributed by atoms with van der Waals surface area (Å²) in [5.74, 6) is 0.762. The number of carbonyl (C=O) groups is 1. The third kappa shape index (κ3) is 4.81. The van der Waals surface area contributed by atoms with E-state index in [0.29, 0.717) is 22.9 Å². The van der Waals surface area contributed by atoms with Gasteiger partial charge in [-0.3, -0.25) is 4.79 Å². The van der Waals surface area contributed by atoms with Gasteiger partial charge < -0.3 is 10.6 Å². The summed E-state index contributed by atoms with van der Waals surface area (Å²) >= 11 is 0. The Bertz CT molecular complexity index is 956. The highest BCUT2D eigenvalue weighted by Gasteiger charge is 2.30. The molecule has 0 saturated heterocycles. The zero-order valence-electron chi connectivity index (χ0n) is 14.2. The molecule has 5 nitrogen and oxygen atoms in total. The molecule has 0 spiro atoms. The van der Waals surface area contributed by atoms with Gasteiger partial charge in [-0.25, -0.2) is 9.97 Å². The highest BCUT2D eigenvalue weighted by atomic mass is 19.4. The first-order valence-corrected chi connectivity index (χ1v) is 7.95. The van der Waals surface area contributed by atoms with E-state index in [1.807, 2.05) is 0 Å². The van der Waals surface area contributed by atoms with Crippen molar-refractivity contribution >= 4 is 28.8 Å². The molecular weight excluding hydrogens is 357 g/mol. The molecule has 1 aromatic heterocycles. The van der Waals surface area contributed by atoms with Crippen molar-refractivity contribution in [2.75, 3.05) is 10.6 Å². The summed E-state index contributed by atoms with van der Waals surface area (Å²) in [4.78, 5) is 19.4. The first-order valence-electron chi connectivity index (χ1n) is 7.95. The lowest BCUT2D eigenvalue weighted by atomic mass is 10.1. The Hall–Kier alpha value is -3.42. The minimum atomic E-state index is -4.41. The molecule has 0 amide bonds. The number of aromatic nitrogens is 2. The Morgan fingerprint density at radius 3 is 2.11 bits per heavy atom. The Morgan fingerprint density at radius 1 is 0.889 bits per heavy atom. The number of benzene rings is 2. The molecule has 0 aliphatic carbocycles. The van der Waals surface area contributed by atoms with E-state index in [1.165, 1.54) is 25.4 Å². The average molecular weight is 372 g/mol. The molecule has 0 atom stereocenters. The molecule has 0 radical (unpaired) electrons. The summed E-state index contributed by atoms with van der Waals surface area (Å²) in [5, 5.41) is 5.88. The van der Waals surface area contributed by atoms with Crippen molar-refractivity contribution in [3.63, 3.8) is 0 Å². The zero-order valence-corrected chi connectivity index (χ0v) is 14.2. The van der Waals surface area contributed by atoms with Crippen LogP contribution in [0.3, 0.4) is 0 Å². The number of rotatable bonds is 5. The number of alkyl halides is 3. The lowest BCUT2D eigenvalue weighted by Gasteiger charge is -2.11. The molecule has 0 aliphatic heterocycles. The van der Waals surface area contributed by atoms with Crippen LogP contribution in [0.5, 0.6) is 0 Å². The second-order valence-electron chi connectivity index (χ2n) is 5.75. The van der Waals surface area contributed by atoms with Crippen LogP contribution in [0.15, 0.2) is 60.9 Å². The molecule has 3 rings (SSSR count). The Kier molecular flexibility index (Phi) is 5.07. The van der Waals surface area contributed by atoms with E-state index < -0.39 is 11.7 Å². The number of Topliss-reactive ketones (excluding diaryl/α,β-unsaturated/α-hetero) is 1. The molecule has 1 heterocycles. The molecule has 27 heavy (non-hydrogen) atoms. The number of nitrogens with one attached hydrogen (secondary N) is 2. The van der Waals surface area contributed by atoms with Gasteiger partial charge in [0, 0.05) is 23.0 Å². The van der Waals surface area contributed by atoms with Crippen LogP contribution >= 0.6 is 0 Å². The lowest BCUT2D eigenvalue weighted by Crippen LogP contribution is -2.05. The smallest absolute Gasteiger partial charge is 0.340 e. The molecule has 0 bridgehead atoms. The summed E-state index contributed by atoms with van der Waals surface area (Å²) < 4.78 is 38.4. The SMILES string of the molecule is CC(=O)c1ccc(Nc2cc(Nc3cccc(C(F)(F)F)c3)ncn2)cc1. The van der Waals surface area contributed by atoms with Gasteiger partial charge in [-0.15, -0.1) is 0 Å². The van der Waals surface area contributed by atoms with Crippen LogP contribution < -0.4 is 10.6 Å². The van der Waals surface area contributed by atoms with Crippen molar-refractivity contribution in [1.82, 2.24) is 9.97 Å². The van der Waals surface area contributed by atoms with Gasteiger partial charge in [-0.05, 0) is 49.4 Å². The third-order valence-electron chi connectivity index (χ3n) is 3.69. The minimum absolute atomic E-state index is 0.0313. The summed E-state index contributed by atoms with van der Waals surface area (Å²) in [6, 6.07) is 13.3. The van der Waals surface area contributed by atoms with Crippen LogP contribution in [-0.4, -0.2) is 15.8 Å². The number of carbonyl (C=O) groups excluding carboxylic acids is 1. The number of hydrogen-bond acceptors (Lipinski definition) is 5. The molecule has 2 N–H and O–H groups in total. The number of anilines is 4. The maximum atomic E-state index is 12.8. The molecule has 8 heteroatoms. The standard InChI is InChI=1S/C19H15F3N4O/c1-12(27)13-5-7-15(8-6-13)25-17-10-18(24-11-23-17)26-16-4-2-3-14(9-16)19(20,21)22/h2-11H,1H3,(H2,23,24,25,26). The normalized spacial score (nSPS) is 11.1. The topological polar surface area (TPSA) is 66.9 Å². The Balaban J connectivity index is 1.75. The fourth-order valence-electron chi connectivity index (χ4n) is 2.35. The van der Waals surface area contributed by atoms with Crippen molar-refractivity contribution in [2.24, 2.45) is 0 Å².